The van der Waals surface area contributed by atoms with E-state index in [1.54, 1.807) is 0 Å². The van der Waals surface area contributed by atoms with Gasteiger partial charge in [0.05, 0.1) is 13.2 Å². The molecule has 1 aliphatic heterocycles. The fourth-order valence-electron chi connectivity index (χ4n) is 2.22. The molecule has 2 N–H and O–H groups in total. The van der Waals surface area contributed by atoms with Crippen LogP contribution in [0.5, 0.6) is 0 Å². The van der Waals surface area contributed by atoms with E-state index in [-0.39, 0.29) is 0 Å². The molecule has 1 saturated carbocycles. The predicted octanol–water partition coefficient (Wildman–Crippen LogP) is 0.361. The fraction of sp³-hybridized carbons (Fsp3) is 1.00. The summed E-state index contributed by atoms with van der Waals surface area (Å²) in [5, 5.41) is 1.98. The van der Waals surface area contributed by atoms with Crippen molar-refractivity contribution in [2.24, 2.45) is 11.8 Å². The van der Waals surface area contributed by atoms with Crippen molar-refractivity contribution in [1.82, 2.24) is 5.01 Å². The first-order valence-electron chi connectivity index (χ1n) is 4.47. The summed E-state index contributed by atoms with van der Waals surface area (Å²) in [6, 6.07) is 0.609. The van der Waals surface area contributed by atoms with E-state index in [1.165, 1.54) is 19.3 Å². The first-order valence-corrected chi connectivity index (χ1v) is 4.47. The van der Waals surface area contributed by atoms with Crippen LogP contribution in [0.4, 0.5) is 0 Å². The van der Waals surface area contributed by atoms with Crippen molar-refractivity contribution in [2.75, 3.05) is 19.8 Å². The summed E-state index contributed by atoms with van der Waals surface area (Å²) in [6.07, 6.45) is 3.90. The number of rotatable bonds is 0. The Labute approximate surface area is 67.5 Å². The monoisotopic (exact) mass is 156 g/mol. The quantitative estimate of drug-likeness (QED) is 0.515. The minimum absolute atomic E-state index is 0.609. The third kappa shape index (κ3) is 1.41. The van der Waals surface area contributed by atoms with E-state index in [1.807, 2.05) is 5.01 Å². The summed E-state index contributed by atoms with van der Waals surface area (Å²) in [5.41, 5.74) is 0. The molecule has 0 aromatic carbocycles. The summed E-state index contributed by atoms with van der Waals surface area (Å²) in [4.78, 5) is 0. The number of nitrogens with two attached hydrogens (primary N) is 1. The summed E-state index contributed by atoms with van der Waals surface area (Å²) in [6.45, 7) is 2.64. The largest absolute Gasteiger partial charge is 0.380 e. The smallest absolute Gasteiger partial charge is 0.0607 e. The lowest BCUT2D eigenvalue weighted by Gasteiger charge is -2.24. The van der Waals surface area contributed by atoms with E-state index in [0.29, 0.717) is 12.0 Å². The number of ether oxygens (including phenoxy) is 1. The highest BCUT2D eigenvalue weighted by molar-refractivity contribution is 4.84. The molecular weight excluding hydrogens is 140 g/mol. The highest BCUT2D eigenvalue weighted by Crippen LogP contribution is 2.29. The van der Waals surface area contributed by atoms with Gasteiger partial charge in [0, 0.05) is 12.6 Å². The fourth-order valence-corrected chi connectivity index (χ4v) is 2.22. The van der Waals surface area contributed by atoms with Crippen LogP contribution in [0.15, 0.2) is 0 Å². The molecule has 0 aromatic heterocycles. The van der Waals surface area contributed by atoms with Crippen LogP contribution in [0.25, 0.3) is 0 Å². The van der Waals surface area contributed by atoms with Crippen LogP contribution >= 0.6 is 0 Å². The number of nitrogens with zero attached hydrogens (tertiary/aromatic N) is 1. The molecule has 3 nitrogen and oxygen atoms in total. The molecule has 0 aromatic rings. The molecule has 0 radical (unpaired) electrons. The molecule has 2 atom stereocenters. The van der Waals surface area contributed by atoms with Crippen LogP contribution in [0, 0.1) is 5.92 Å². The summed E-state index contributed by atoms with van der Waals surface area (Å²) >= 11 is 0. The van der Waals surface area contributed by atoms with Crippen LogP contribution in [0.2, 0.25) is 0 Å². The van der Waals surface area contributed by atoms with Gasteiger partial charge in [0.1, 0.15) is 0 Å². The van der Waals surface area contributed by atoms with Gasteiger partial charge in [0.2, 0.25) is 0 Å². The third-order valence-electron chi connectivity index (χ3n) is 2.87. The zero-order chi connectivity index (χ0) is 7.68. The van der Waals surface area contributed by atoms with Crippen molar-refractivity contribution in [3.8, 4) is 0 Å². The Hall–Kier alpha value is -0.120. The molecule has 0 bridgehead atoms. The van der Waals surface area contributed by atoms with Crippen molar-refractivity contribution in [1.29, 1.82) is 0 Å². The molecular formula is C8H16N2O. The first kappa shape index (κ1) is 7.53. The first-order chi connectivity index (χ1) is 5.38. The summed E-state index contributed by atoms with van der Waals surface area (Å²) < 4.78 is 5.46. The highest BCUT2D eigenvalue weighted by Gasteiger charge is 2.32. The lowest BCUT2D eigenvalue weighted by molar-refractivity contribution is 0.120. The third-order valence-corrected chi connectivity index (χ3v) is 2.87. The van der Waals surface area contributed by atoms with Gasteiger partial charge >= 0.3 is 0 Å². The average molecular weight is 156 g/mol. The van der Waals surface area contributed by atoms with Gasteiger partial charge in [0.25, 0.3) is 0 Å². The molecule has 1 aliphatic carbocycles. The maximum atomic E-state index is 5.87. The van der Waals surface area contributed by atoms with E-state index in [4.69, 9.17) is 10.6 Å². The van der Waals surface area contributed by atoms with Gasteiger partial charge in [-0.15, -0.1) is 0 Å². The zero-order valence-electron chi connectivity index (χ0n) is 6.83. The standard InChI is InChI=1S/C8H16N2O/c9-10-4-5-11-6-7-2-1-3-8(7)10/h7-8H,1-6,9H2/t7-,8+/m0/s1. The van der Waals surface area contributed by atoms with Crippen molar-refractivity contribution < 1.29 is 4.74 Å². The highest BCUT2D eigenvalue weighted by atomic mass is 16.5. The summed E-state index contributed by atoms with van der Waals surface area (Å²) in [7, 11) is 0. The van der Waals surface area contributed by atoms with Gasteiger partial charge in [-0.2, -0.15) is 0 Å². The van der Waals surface area contributed by atoms with Crippen molar-refractivity contribution in [3.05, 3.63) is 0 Å². The van der Waals surface area contributed by atoms with E-state index < -0.39 is 0 Å². The Balaban J connectivity index is 2.03. The van der Waals surface area contributed by atoms with Gasteiger partial charge < -0.3 is 4.74 Å². The molecule has 3 heteroatoms. The van der Waals surface area contributed by atoms with Crippen LogP contribution in [0.3, 0.4) is 0 Å². The molecule has 1 saturated heterocycles. The van der Waals surface area contributed by atoms with E-state index in [9.17, 15) is 0 Å². The molecule has 11 heavy (non-hydrogen) atoms. The second-order valence-corrected chi connectivity index (χ2v) is 3.57. The Morgan fingerprint density at radius 1 is 1.36 bits per heavy atom. The summed E-state index contributed by atoms with van der Waals surface area (Å²) in [5.74, 6) is 6.58. The van der Waals surface area contributed by atoms with Crippen LogP contribution in [-0.4, -0.2) is 30.8 Å². The van der Waals surface area contributed by atoms with Gasteiger partial charge in [-0.05, 0) is 18.8 Å². The van der Waals surface area contributed by atoms with Gasteiger partial charge in [-0.1, -0.05) is 6.42 Å². The van der Waals surface area contributed by atoms with Crippen LogP contribution in [0.1, 0.15) is 19.3 Å². The Morgan fingerprint density at radius 3 is 3.18 bits per heavy atom. The number of hydrogen-bond acceptors (Lipinski definition) is 3. The van der Waals surface area contributed by atoms with Crippen molar-refractivity contribution in [2.45, 2.75) is 25.3 Å². The number of hydrazine groups is 1. The normalized spacial score (nSPS) is 40.1. The van der Waals surface area contributed by atoms with Gasteiger partial charge in [0.15, 0.2) is 0 Å². The second-order valence-electron chi connectivity index (χ2n) is 3.57. The Morgan fingerprint density at radius 2 is 2.27 bits per heavy atom. The molecule has 2 rings (SSSR count). The molecule has 2 fully saturated rings. The minimum Gasteiger partial charge on any atom is -0.380 e. The maximum absolute atomic E-state index is 5.87. The van der Waals surface area contributed by atoms with Crippen molar-refractivity contribution in [3.63, 3.8) is 0 Å². The molecule has 64 valence electrons. The number of fused-ring (bicyclic) bond motifs is 1. The van der Waals surface area contributed by atoms with E-state index in [2.05, 4.69) is 0 Å². The Bertz CT molecular complexity index is 140. The maximum Gasteiger partial charge on any atom is 0.0607 e. The number of hydrogen-bond donors (Lipinski definition) is 1. The minimum atomic E-state index is 0.609. The Kier molecular flexibility index (Phi) is 2.11. The predicted molar refractivity (Wildman–Crippen MR) is 42.8 cm³/mol. The average Bonchev–Trinajstić information content (AvgIpc) is 2.40. The lowest BCUT2D eigenvalue weighted by atomic mass is 10.1. The SMILES string of the molecule is NN1CCOC[C@@H]2CCC[C@H]21. The molecule has 0 amide bonds. The topological polar surface area (TPSA) is 38.5 Å². The van der Waals surface area contributed by atoms with Crippen molar-refractivity contribution >= 4 is 0 Å². The second kappa shape index (κ2) is 3.09. The zero-order valence-corrected chi connectivity index (χ0v) is 6.83. The van der Waals surface area contributed by atoms with Crippen LogP contribution < -0.4 is 5.84 Å². The molecule has 0 spiro atoms. The van der Waals surface area contributed by atoms with E-state index >= 15 is 0 Å². The van der Waals surface area contributed by atoms with Gasteiger partial charge in [-0.3, -0.25) is 5.84 Å². The lowest BCUT2D eigenvalue weighted by Crippen LogP contribution is -2.43. The molecule has 1 heterocycles. The molecule has 2 aliphatic rings. The van der Waals surface area contributed by atoms with Gasteiger partial charge in [-0.25, -0.2) is 5.01 Å². The molecule has 0 unspecified atom stereocenters. The van der Waals surface area contributed by atoms with Crippen LogP contribution in [-0.2, 0) is 4.74 Å². The van der Waals surface area contributed by atoms with E-state index in [0.717, 1.165) is 19.8 Å².